The van der Waals surface area contributed by atoms with Crippen molar-refractivity contribution in [3.63, 3.8) is 0 Å². The molecule has 0 radical (unpaired) electrons. The zero-order valence-corrected chi connectivity index (χ0v) is 11.9. The lowest BCUT2D eigenvalue weighted by Crippen LogP contribution is -2.43. The molecule has 1 aliphatic carbocycles. The zero-order valence-electron chi connectivity index (χ0n) is 11.9. The highest BCUT2D eigenvalue weighted by Gasteiger charge is 2.21. The van der Waals surface area contributed by atoms with E-state index >= 15 is 0 Å². The van der Waals surface area contributed by atoms with Crippen LogP contribution in [0, 0.1) is 5.92 Å². The van der Waals surface area contributed by atoms with Crippen LogP contribution in [-0.2, 0) is 9.59 Å². The van der Waals surface area contributed by atoms with Crippen molar-refractivity contribution in [2.45, 2.75) is 64.5 Å². The maximum atomic E-state index is 11.7. The zero-order chi connectivity index (χ0) is 14.3. The number of nitrogens with one attached hydrogen (secondary N) is 2. The Balaban J connectivity index is 2.20. The molecule has 110 valence electrons. The van der Waals surface area contributed by atoms with E-state index in [4.69, 9.17) is 5.11 Å². The van der Waals surface area contributed by atoms with Crippen molar-refractivity contribution in [2.24, 2.45) is 5.92 Å². The molecule has 0 heterocycles. The molecule has 1 unspecified atom stereocenters. The maximum absolute atomic E-state index is 11.7. The van der Waals surface area contributed by atoms with Crippen LogP contribution in [0.2, 0.25) is 0 Å². The molecular formula is C14H26N2O3. The van der Waals surface area contributed by atoms with E-state index in [-0.39, 0.29) is 11.8 Å². The van der Waals surface area contributed by atoms with E-state index in [1.807, 2.05) is 13.8 Å². The number of carbonyl (C=O) groups excluding carboxylic acids is 1. The minimum Gasteiger partial charge on any atom is -0.480 e. The van der Waals surface area contributed by atoms with Gasteiger partial charge in [0, 0.05) is 19.0 Å². The average molecular weight is 270 g/mol. The minimum absolute atomic E-state index is 0.0129. The summed E-state index contributed by atoms with van der Waals surface area (Å²) in [6.07, 6.45) is 6.14. The Kier molecular flexibility index (Phi) is 6.84. The van der Waals surface area contributed by atoms with Crippen LogP contribution < -0.4 is 10.6 Å². The first kappa shape index (κ1) is 16.0. The Morgan fingerprint density at radius 3 is 2.37 bits per heavy atom. The fourth-order valence-corrected chi connectivity index (χ4v) is 2.50. The molecule has 0 aromatic heterocycles. The van der Waals surface area contributed by atoms with Gasteiger partial charge in [0.05, 0.1) is 0 Å². The van der Waals surface area contributed by atoms with Crippen LogP contribution in [0.3, 0.4) is 0 Å². The van der Waals surface area contributed by atoms with E-state index < -0.39 is 12.0 Å². The topological polar surface area (TPSA) is 78.4 Å². The van der Waals surface area contributed by atoms with Crippen LogP contribution in [0.15, 0.2) is 0 Å². The molecule has 0 aromatic rings. The number of hydrogen-bond donors (Lipinski definition) is 3. The normalized spacial score (nSPS) is 18.3. The summed E-state index contributed by atoms with van der Waals surface area (Å²) in [6, 6.07) is -0.260. The van der Waals surface area contributed by atoms with E-state index in [2.05, 4.69) is 10.6 Å². The second-order valence-electron chi connectivity index (χ2n) is 5.67. The molecule has 1 fully saturated rings. The lowest BCUT2D eigenvalue weighted by Gasteiger charge is -2.23. The number of hydrogen-bond acceptors (Lipinski definition) is 3. The highest BCUT2D eigenvalue weighted by atomic mass is 16.4. The van der Waals surface area contributed by atoms with Gasteiger partial charge in [-0.15, -0.1) is 0 Å². The second-order valence-corrected chi connectivity index (χ2v) is 5.67. The van der Waals surface area contributed by atoms with Crippen molar-refractivity contribution < 1.29 is 14.7 Å². The number of carboxylic acid groups (broad SMARTS) is 1. The number of amides is 1. The molecule has 3 N–H and O–H groups in total. The summed E-state index contributed by atoms with van der Waals surface area (Å²) >= 11 is 0. The first-order valence-corrected chi connectivity index (χ1v) is 7.26. The molecule has 1 aliphatic rings. The number of rotatable bonds is 7. The van der Waals surface area contributed by atoms with Gasteiger partial charge >= 0.3 is 5.97 Å². The molecular weight excluding hydrogens is 244 g/mol. The van der Waals surface area contributed by atoms with Gasteiger partial charge in [0.2, 0.25) is 5.91 Å². The molecule has 5 nitrogen and oxygen atoms in total. The highest BCUT2D eigenvalue weighted by molar-refractivity contribution is 5.77. The fourth-order valence-electron chi connectivity index (χ4n) is 2.50. The van der Waals surface area contributed by atoms with Gasteiger partial charge < -0.3 is 15.7 Å². The van der Waals surface area contributed by atoms with E-state index in [0.717, 1.165) is 12.8 Å². The Morgan fingerprint density at radius 1 is 1.21 bits per heavy atom. The fraction of sp³-hybridized carbons (Fsp3) is 0.857. The van der Waals surface area contributed by atoms with E-state index in [1.165, 1.54) is 19.3 Å². The summed E-state index contributed by atoms with van der Waals surface area (Å²) in [5.74, 6) is -0.825. The van der Waals surface area contributed by atoms with Crippen LogP contribution in [0.25, 0.3) is 0 Å². The van der Waals surface area contributed by atoms with Crippen LogP contribution in [-0.4, -0.2) is 35.6 Å². The molecule has 0 bridgehead atoms. The van der Waals surface area contributed by atoms with Gasteiger partial charge in [-0.3, -0.25) is 9.59 Å². The lowest BCUT2D eigenvalue weighted by atomic mass is 9.95. The third-order valence-electron chi connectivity index (χ3n) is 3.62. The Hall–Kier alpha value is -1.10. The van der Waals surface area contributed by atoms with Gasteiger partial charge in [-0.05, 0) is 18.8 Å². The van der Waals surface area contributed by atoms with Crippen LogP contribution in [0.5, 0.6) is 0 Å². The quantitative estimate of drug-likeness (QED) is 0.655. The Bertz CT molecular complexity index is 299. The molecule has 0 aliphatic heterocycles. The number of carboxylic acids is 1. The summed E-state index contributed by atoms with van der Waals surface area (Å²) in [5, 5.41) is 15.0. The molecule has 1 amide bonds. The van der Waals surface area contributed by atoms with E-state index in [0.29, 0.717) is 19.0 Å². The molecule has 0 saturated heterocycles. The van der Waals surface area contributed by atoms with Crippen molar-refractivity contribution in [1.82, 2.24) is 10.6 Å². The lowest BCUT2D eigenvalue weighted by molar-refractivity contribution is -0.140. The van der Waals surface area contributed by atoms with Gasteiger partial charge in [0.15, 0.2) is 0 Å². The first-order valence-electron chi connectivity index (χ1n) is 7.26. The second kappa shape index (κ2) is 8.15. The molecule has 1 rings (SSSR count). The molecule has 0 spiro atoms. The van der Waals surface area contributed by atoms with Gasteiger partial charge in [0.1, 0.15) is 6.04 Å². The SMILES string of the molecule is CC(C)C(NCCC(=O)NC1CCCCC1)C(=O)O. The summed E-state index contributed by atoms with van der Waals surface area (Å²) < 4.78 is 0. The van der Waals surface area contributed by atoms with Crippen molar-refractivity contribution in [2.75, 3.05) is 6.54 Å². The molecule has 5 heteroatoms. The van der Waals surface area contributed by atoms with Crippen LogP contribution in [0.1, 0.15) is 52.4 Å². The molecule has 1 saturated carbocycles. The summed E-state index contributed by atoms with van der Waals surface area (Å²) in [4.78, 5) is 22.7. The smallest absolute Gasteiger partial charge is 0.320 e. The van der Waals surface area contributed by atoms with Crippen molar-refractivity contribution in [3.05, 3.63) is 0 Å². The van der Waals surface area contributed by atoms with Crippen molar-refractivity contribution in [3.8, 4) is 0 Å². The van der Waals surface area contributed by atoms with Gasteiger partial charge in [-0.1, -0.05) is 33.1 Å². The van der Waals surface area contributed by atoms with Crippen LogP contribution in [0.4, 0.5) is 0 Å². The molecule has 0 aromatic carbocycles. The molecule has 1 atom stereocenters. The van der Waals surface area contributed by atoms with Crippen molar-refractivity contribution >= 4 is 11.9 Å². The first-order chi connectivity index (χ1) is 9.00. The summed E-state index contributed by atoms with van der Waals surface area (Å²) in [6.45, 7) is 4.12. The Labute approximate surface area is 115 Å². The Morgan fingerprint density at radius 2 is 1.84 bits per heavy atom. The maximum Gasteiger partial charge on any atom is 0.320 e. The standard InChI is InChI=1S/C14H26N2O3/c1-10(2)13(14(18)19)15-9-8-12(17)16-11-6-4-3-5-7-11/h10-11,13,15H,3-9H2,1-2H3,(H,16,17)(H,18,19). The number of aliphatic carboxylic acids is 1. The van der Waals surface area contributed by atoms with Gasteiger partial charge in [-0.25, -0.2) is 0 Å². The van der Waals surface area contributed by atoms with E-state index in [9.17, 15) is 9.59 Å². The summed E-state index contributed by atoms with van der Waals surface area (Å²) in [7, 11) is 0. The van der Waals surface area contributed by atoms with Crippen LogP contribution >= 0.6 is 0 Å². The predicted octanol–water partition coefficient (Wildman–Crippen LogP) is 1.52. The van der Waals surface area contributed by atoms with Gasteiger partial charge in [0.25, 0.3) is 0 Å². The highest BCUT2D eigenvalue weighted by Crippen LogP contribution is 2.17. The predicted molar refractivity (Wildman–Crippen MR) is 73.9 cm³/mol. The third-order valence-corrected chi connectivity index (χ3v) is 3.62. The van der Waals surface area contributed by atoms with Crippen molar-refractivity contribution in [1.29, 1.82) is 0 Å². The minimum atomic E-state index is -0.859. The van der Waals surface area contributed by atoms with E-state index in [1.54, 1.807) is 0 Å². The number of carbonyl (C=O) groups is 2. The monoisotopic (exact) mass is 270 g/mol. The largest absolute Gasteiger partial charge is 0.480 e. The van der Waals surface area contributed by atoms with Gasteiger partial charge in [-0.2, -0.15) is 0 Å². The third kappa shape index (κ3) is 6.05. The summed E-state index contributed by atoms with van der Waals surface area (Å²) in [5.41, 5.74) is 0. The average Bonchev–Trinajstić information content (AvgIpc) is 2.34. The molecule has 19 heavy (non-hydrogen) atoms.